The third-order valence-electron chi connectivity index (χ3n) is 5.00. The Kier molecular flexibility index (Phi) is 6.12. The molecular formula is C24H29N3O2. The van der Waals surface area contributed by atoms with Crippen molar-refractivity contribution >= 4 is 11.8 Å². The molecule has 0 saturated carbocycles. The molecule has 0 unspecified atom stereocenters. The molecule has 1 heterocycles. The van der Waals surface area contributed by atoms with E-state index in [0.717, 1.165) is 30.8 Å². The van der Waals surface area contributed by atoms with Crippen LogP contribution in [0.1, 0.15) is 43.0 Å². The third kappa shape index (κ3) is 5.51. The van der Waals surface area contributed by atoms with Gasteiger partial charge in [-0.25, -0.2) is 4.79 Å². The van der Waals surface area contributed by atoms with Crippen molar-refractivity contribution in [2.45, 2.75) is 39.7 Å². The van der Waals surface area contributed by atoms with Gasteiger partial charge in [0.2, 0.25) is 0 Å². The summed E-state index contributed by atoms with van der Waals surface area (Å²) >= 11 is 0. The molecule has 1 amide bonds. The van der Waals surface area contributed by atoms with E-state index in [0.29, 0.717) is 18.7 Å². The molecule has 5 nitrogen and oxygen atoms in total. The first kappa shape index (κ1) is 20.7. The number of carbonyl (C=O) groups is 1. The Labute approximate surface area is 173 Å². The quantitative estimate of drug-likeness (QED) is 0.772. The van der Waals surface area contributed by atoms with Crippen LogP contribution in [-0.4, -0.2) is 42.8 Å². The summed E-state index contributed by atoms with van der Waals surface area (Å²) in [6.45, 7) is 10.5. The van der Waals surface area contributed by atoms with E-state index < -0.39 is 5.60 Å². The summed E-state index contributed by atoms with van der Waals surface area (Å²) < 4.78 is 5.49. The summed E-state index contributed by atoms with van der Waals surface area (Å²) in [7, 11) is 0. The highest BCUT2D eigenvalue weighted by molar-refractivity contribution is 5.69. The first-order valence-corrected chi connectivity index (χ1v) is 10.1. The highest BCUT2D eigenvalue weighted by Gasteiger charge is 2.26. The number of ether oxygens (including phenoxy) is 1. The van der Waals surface area contributed by atoms with Crippen molar-refractivity contribution in [1.82, 2.24) is 4.90 Å². The summed E-state index contributed by atoms with van der Waals surface area (Å²) in [6, 6.07) is 16.6. The maximum atomic E-state index is 12.3. The second-order valence-corrected chi connectivity index (χ2v) is 8.57. The third-order valence-corrected chi connectivity index (χ3v) is 5.00. The molecule has 0 aliphatic carbocycles. The molecule has 0 atom stereocenters. The lowest BCUT2D eigenvalue weighted by atomic mass is 9.99. The minimum atomic E-state index is -0.484. The van der Waals surface area contributed by atoms with E-state index in [1.54, 1.807) is 4.90 Å². The molecule has 1 aliphatic rings. The molecule has 0 radical (unpaired) electrons. The zero-order valence-corrected chi connectivity index (χ0v) is 17.7. The maximum absolute atomic E-state index is 12.3. The molecule has 5 heteroatoms. The van der Waals surface area contributed by atoms with Crippen LogP contribution in [0.15, 0.2) is 42.5 Å². The van der Waals surface area contributed by atoms with E-state index in [-0.39, 0.29) is 6.09 Å². The van der Waals surface area contributed by atoms with Gasteiger partial charge in [0.25, 0.3) is 0 Å². The molecule has 1 saturated heterocycles. The van der Waals surface area contributed by atoms with Crippen molar-refractivity contribution < 1.29 is 9.53 Å². The fraction of sp³-hybridized carbons (Fsp3) is 0.417. The van der Waals surface area contributed by atoms with Crippen molar-refractivity contribution in [2.75, 3.05) is 31.1 Å². The molecule has 0 N–H and O–H groups in total. The van der Waals surface area contributed by atoms with Gasteiger partial charge in [0.15, 0.2) is 0 Å². The van der Waals surface area contributed by atoms with Crippen molar-refractivity contribution in [1.29, 1.82) is 5.26 Å². The molecule has 29 heavy (non-hydrogen) atoms. The molecule has 3 rings (SSSR count). The molecular weight excluding hydrogens is 362 g/mol. The number of anilines is 1. The SMILES string of the molecule is Cc1ccc(Cc2cc(C#N)ccc2N2CCN(C(=O)OC(C)(C)C)CC2)cc1. The van der Waals surface area contributed by atoms with Crippen molar-refractivity contribution in [2.24, 2.45) is 0 Å². The Bertz CT molecular complexity index is 899. The zero-order chi connectivity index (χ0) is 21.0. The number of amides is 1. The number of rotatable bonds is 3. The van der Waals surface area contributed by atoms with Crippen LogP contribution in [0.4, 0.5) is 10.5 Å². The van der Waals surface area contributed by atoms with E-state index in [9.17, 15) is 10.1 Å². The van der Waals surface area contributed by atoms with Gasteiger partial charge >= 0.3 is 6.09 Å². The maximum Gasteiger partial charge on any atom is 0.410 e. The fourth-order valence-electron chi connectivity index (χ4n) is 3.49. The zero-order valence-electron chi connectivity index (χ0n) is 17.7. The van der Waals surface area contributed by atoms with E-state index in [1.807, 2.05) is 39.0 Å². The summed E-state index contributed by atoms with van der Waals surface area (Å²) in [5.41, 5.74) is 4.91. The average molecular weight is 392 g/mol. The van der Waals surface area contributed by atoms with Crippen LogP contribution in [0.5, 0.6) is 0 Å². The van der Waals surface area contributed by atoms with Crippen LogP contribution >= 0.6 is 0 Å². The van der Waals surface area contributed by atoms with Crippen molar-refractivity contribution in [3.05, 3.63) is 64.7 Å². The summed E-state index contributed by atoms with van der Waals surface area (Å²) in [5.74, 6) is 0. The van der Waals surface area contributed by atoms with Crippen molar-refractivity contribution in [3.8, 4) is 6.07 Å². The second kappa shape index (κ2) is 8.57. The number of aryl methyl sites for hydroxylation is 1. The Morgan fingerprint density at radius 3 is 2.31 bits per heavy atom. The summed E-state index contributed by atoms with van der Waals surface area (Å²) in [6.07, 6.45) is 0.522. The van der Waals surface area contributed by atoms with Crippen LogP contribution in [0.25, 0.3) is 0 Å². The lowest BCUT2D eigenvalue weighted by Gasteiger charge is -2.37. The highest BCUT2D eigenvalue weighted by atomic mass is 16.6. The summed E-state index contributed by atoms with van der Waals surface area (Å²) in [5, 5.41) is 9.33. The topological polar surface area (TPSA) is 56.6 Å². The molecule has 0 aromatic heterocycles. The van der Waals surface area contributed by atoms with Gasteiger partial charge in [-0.3, -0.25) is 0 Å². The van der Waals surface area contributed by atoms with E-state index in [2.05, 4.69) is 42.2 Å². The Morgan fingerprint density at radius 1 is 1.07 bits per heavy atom. The van der Waals surface area contributed by atoms with Gasteiger partial charge in [0.1, 0.15) is 5.60 Å². The smallest absolute Gasteiger partial charge is 0.410 e. The number of nitriles is 1. The van der Waals surface area contributed by atoms with Gasteiger partial charge in [0.05, 0.1) is 11.6 Å². The number of carbonyl (C=O) groups excluding carboxylic acids is 1. The molecule has 152 valence electrons. The van der Waals surface area contributed by atoms with Gasteiger partial charge in [-0.1, -0.05) is 29.8 Å². The average Bonchev–Trinajstić information content (AvgIpc) is 2.68. The van der Waals surface area contributed by atoms with Gasteiger partial charge in [0, 0.05) is 31.9 Å². The Balaban J connectivity index is 1.74. The normalized spacial score (nSPS) is 14.4. The van der Waals surface area contributed by atoms with Gasteiger partial charge in [-0.05, 0) is 63.4 Å². The van der Waals surface area contributed by atoms with Crippen molar-refractivity contribution in [3.63, 3.8) is 0 Å². The first-order chi connectivity index (χ1) is 13.7. The Hall–Kier alpha value is -3.00. The molecule has 1 aliphatic heterocycles. The largest absolute Gasteiger partial charge is 0.444 e. The molecule has 0 bridgehead atoms. The monoisotopic (exact) mass is 391 g/mol. The number of piperazine rings is 1. The summed E-state index contributed by atoms with van der Waals surface area (Å²) in [4.78, 5) is 16.4. The molecule has 1 fully saturated rings. The fourth-order valence-corrected chi connectivity index (χ4v) is 3.49. The van der Waals surface area contributed by atoms with Gasteiger partial charge in [-0.2, -0.15) is 5.26 Å². The van der Waals surface area contributed by atoms with Crippen LogP contribution in [0.2, 0.25) is 0 Å². The number of nitrogens with zero attached hydrogens (tertiary/aromatic N) is 3. The van der Waals surface area contributed by atoms with Crippen LogP contribution < -0.4 is 4.90 Å². The number of hydrogen-bond acceptors (Lipinski definition) is 4. The molecule has 2 aromatic rings. The second-order valence-electron chi connectivity index (χ2n) is 8.57. The van der Waals surface area contributed by atoms with Gasteiger partial charge in [-0.15, -0.1) is 0 Å². The minimum Gasteiger partial charge on any atom is -0.444 e. The number of benzene rings is 2. The predicted molar refractivity (Wildman–Crippen MR) is 115 cm³/mol. The lowest BCUT2D eigenvalue weighted by Crippen LogP contribution is -2.50. The van der Waals surface area contributed by atoms with Crippen LogP contribution in [-0.2, 0) is 11.2 Å². The Morgan fingerprint density at radius 2 is 1.72 bits per heavy atom. The minimum absolute atomic E-state index is 0.253. The van der Waals surface area contributed by atoms with E-state index in [4.69, 9.17) is 4.74 Å². The number of hydrogen-bond donors (Lipinski definition) is 0. The van der Waals surface area contributed by atoms with Crippen LogP contribution in [0.3, 0.4) is 0 Å². The molecule has 0 spiro atoms. The standard InChI is InChI=1S/C24H29N3O2/c1-18-5-7-19(8-6-18)15-21-16-20(17-25)9-10-22(21)26-11-13-27(14-12-26)23(28)29-24(2,3)4/h5-10,16H,11-15H2,1-4H3. The first-order valence-electron chi connectivity index (χ1n) is 10.1. The van der Waals surface area contributed by atoms with E-state index in [1.165, 1.54) is 11.1 Å². The lowest BCUT2D eigenvalue weighted by molar-refractivity contribution is 0.0240. The van der Waals surface area contributed by atoms with Gasteiger partial charge < -0.3 is 14.5 Å². The van der Waals surface area contributed by atoms with Crippen LogP contribution in [0, 0.1) is 18.3 Å². The van der Waals surface area contributed by atoms with E-state index >= 15 is 0 Å². The predicted octanol–water partition coefficient (Wildman–Crippen LogP) is 4.51. The highest BCUT2D eigenvalue weighted by Crippen LogP contribution is 2.26. The molecule has 2 aromatic carbocycles.